The van der Waals surface area contributed by atoms with Crippen molar-refractivity contribution in [2.24, 2.45) is 5.92 Å². The predicted molar refractivity (Wildman–Crippen MR) is 97.1 cm³/mol. The molecule has 1 saturated heterocycles. The van der Waals surface area contributed by atoms with E-state index in [1.807, 2.05) is 24.3 Å². The number of carbonyl (C=O) groups is 1. The smallest absolute Gasteiger partial charge is 0.252 e. The molecule has 0 spiro atoms. The Kier molecular flexibility index (Phi) is 5.26. The molecule has 2 aromatic carbocycles. The molecule has 1 atom stereocenters. The average molecular weight is 345 g/mol. The lowest BCUT2D eigenvalue weighted by Gasteiger charge is -2.19. The van der Waals surface area contributed by atoms with Gasteiger partial charge in [-0.05, 0) is 48.7 Å². The van der Waals surface area contributed by atoms with Gasteiger partial charge in [0.05, 0.1) is 17.7 Å². The van der Waals surface area contributed by atoms with E-state index in [4.69, 9.17) is 16.3 Å². The molecule has 1 unspecified atom stereocenters. The van der Waals surface area contributed by atoms with Crippen LogP contribution >= 0.6 is 11.6 Å². The lowest BCUT2D eigenvalue weighted by Crippen LogP contribution is -2.31. The van der Waals surface area contributed by atoms with E-state index in [9.17, 15) is 4.79 Å². The molecule has 1 aliphatic heterocycles. The van der Waals surface area contributed by atoms with Crippen LogP contribution in [0.15, 0.2) is 48.5 Å². The van der Waals surface area contributed by atoms with Gasteiger partial charge < -0.3 is 15.0 Å². The van der Waals surface area contributed by atoms with Gasteiger partial charge in [0.15, 0.2) is 0 Å². The van der Waals surface area contributed by atoms with Crippen molar-refractivity contribution in [1.82, 2.24) is 5.32 Å². The van der Waals surface area contributed by atoms with Crippen LogP contribution in [0, 0.1) is 5.92 Å². The Bertz CT molecular complexity index is 703. The largest absolute Gasteiger partial charge is 0.497 e. The number of ether oxygens (including phenoxy) is 1. The van der Waals surface area contributed by atoms with E-state index in [0.29, 0.717) is 23.0 Å². The van der Waals surface area contributed by atoms with Gasteiger partial charge in [-0.15, -0.1) is 0 Å². The minimum atomic E-state index is -0.108. The Morgan fingerprint density at radius 2 is 2.00 bits per heavy atom. The van der Waals surface area contributed by atoms with Crippen LogP contribution < -0.4 is 15.0 Å². The molecule has 1 N–H and O–H groups in total. The van der Waals surface area contributed by atoms with Gasteiger partial charge in [-0.1, -0.05) is 23.7 Å². The molecule has 0 aromatic heterocycles. The van der Waals surface area contributed by atoms with Gasteiger partial charge in [-0.25, -0.2) is 0 Å². The van der Waals surface area contributed by atoms with Crippen LogP contribution in [0.1, 0.15) is 16.8 Å². The quantitative estimate of drug-likeness (QED) is 0.901. The van der Waals surface area contributed by atoms with Gasteiger partial charge in [-0.3, -0.25) is 4.79 Å². The van der Waals surface area contributed by atoms with E-state index in [-0.39, 0.29) is 5.91 Å². The Balaban J connectivity index is 1.52. The number of hydrogen-bond acceptors (Lipinski definition) is 3. The number of nitrogens with one attached hydrogen (secondary N) is 1. The molecule has 0 bridgehead atoms. The second kappa shape index (κ2) is 7.58. The van der Waals surface area contributed by atoms with E-state index in [1.165, 1.54) is 5.69 Å². The standard InChI is InChI=1S/C19H21ClN2O2/c1-24-16-8-6-15(7-9-16)22-11-10-14(13-22)12-21-19(23)17-4-2-3-5-18(17)20/h2-9,14H,10-13H2,1H3,(H,21,23). The van der Waals surface area contributed by atoms with E-state index in [2.05, 4.69) is 22.3 Å². The van der Waals surface area contributed by atoms with Crippen molar-refractivity contribution in [3.05, 3.63) is 59.1 Å². The second-order valence-electron chi connectivity index (χ2n) is 5.99. The molecular weight excluding hydrogens is 324 g/mol. The first-order valence-electron chi connectivity index (χ1n) is 8.09. The number of rotatable bonds is 5. The first-order chi connectivity index (χ1) is 11.7. The summed E-state index contributed by atoms with van der Waals surface area (Å²) in [7, 11) is 1.67. The van der Waals surface area contributed by atoms with Gasteiger partial charge in [0.25, 0.3) is 5.91 Å². The second-order valence-corrected chi connectivity index (χ2v) is 6.40. The molecule has 126 valence electrons. The van der Waals surface area contributed by atoms with Crippen molar-refractivity contribution < 1.29 is 9.53 Å². The van der Waals surface area contributed by atoms with Crippen LogP contribution in [0.5, 0.6) is 5.75 Å². The number of halogens is 1. The van der Waals surface area contributed by atoms with Crippen LogP contribution in [-0.4, -0.2) is 32.7 Å². The van der Waals surface area contributed by atoms with Gasteiger partial charge in [0, 0.05) is 25.3 Å². The van der Waals surface area contributed by atoms with Gasteiger partial charge in [0.1, 0.15) is 5.75 Å². The maximum absolute atomic E-state index is 12.2. The first-order valence-corrected chi connectivity index (χ1v) is 8.47. The molecular formula is C19H21ClN2O2. The van der Waals surface area contributed by atoms with Gasteiger partial charge in [-0.2, -0.15) is 0 Å². The summed E-state index contributed by atoms with van der Waals surface area (Å²) in [6, 6.07) is 15.2. The number of anilines is 1. The summed E-state index contributed by atoms with van der Waals surface area (Å²) in [5.41, 5.74) is 1.72. The van der Waals surface area contributed by atoms with Crippen LogP contribution in [0.25, 0.3) is 0 Å². The van der Waals surface area contributed by atoms with E-state index < -0.39 is 0 Å². The molecule has 4 nitrogen and oxygen atoms in total. The maximum atomic E-state index is 12.2. The Morgan fingerprint density at radius 1 is 1.25 bits per heavy atom. The molecule has 0 saturated carbocycles. The summed E-state index contributed by atoms with van der Waals surface area (Å²) < 4.78 is 5.19. The third-order valence-electron chi connectivity index (χ3n) is 4.39. The zero-order chi connectivity index (χ0) is 16.9. The van der Waals surface area contributed by atoms with Crippen molar-refractivity contribution in [1.29, 1.82) is 0 Å². The van der Waals surface area contributed by atoms with Crippen molar-refractivity contribution in [2.45, 2.75) is 6.42 Å². The van der Waals surface area contributed by atoms with Crippen LogP contribution in [-0.2, 0) is 0 Å². The lowest BCUT2D eigenvalue weighted by atomic mass is 10.1. The van der Waals surface area contributed by atoms with Gasteiger partial charge >= 0.3 is 0 Å². The monoisotopic (exact) mass is 344 g/mol. The van der Waals surface area contributed by atoms with Crippen LogP contribution in [0.3, 0.4) is 0 Å². The number of carbonyl (C=O) groups excluding carboxylic acids is 1. The molecule has 2 aromatic rings. The Hall–Kier alpha value is -2.20. The van der Waals surface area contributed by atoms with Gasteiger partial charge in [0.2, 0.25) is 0 Å². The molecule has 3 rings (SSSR count). The number of amides is 1. The fraction of sp³-hybridized carbons (Fsp3) is 0.316. The van der Waals surface area contributed by atoms with Crippen LogP contribution in [0.4, 0.5) is 5.69 Å². The minimum absolute atomic E-state index is 0.108. The molecule has 5 heteroatoms. The highest BCUT2D eigenvalue weighted by Crippen LogP contribution is 2.25. The fourth-order valence-corrected chi connectivity index (χ4v) is 3.23. The minimum Gasteiger partial charge on any atom is -0.497 e. The van der Waals surface area contributed by atoms with E-state index in [1.54, 1.807) is 19.2 Å². The molecule has 0 aliphatic carbocycles. The predicted octanol–water partition coefficient (Wildman–Crippen LogP) is 3.60. The number of nitrogens with zero attached hydrogens (tertiary/aromatic N) is 1. The summed E-state index contributed by atoms with van der Waals surface area (Å²) in [4.78, 5) is 14.6. The van der Waals surface area contributed by atoms with Crippen molar-refractivity contribution in [3.8, 4) is 5.75 Å². The zero-order valence-corrected chi connectivity index (χ0v) is 14.4. The summed E-state index contributed by atoms with van der Waals surface area (Å²) in [5, 5.41) is 3.49. The van der Waals surface area contributed by atoms with E-state index >= 15 is 0 Å². The highest BCUT2D eigenvalue weighted by Gasteiger charge is 2.23. The molecule has 1 heterocycles. The summed E-state index contributed by atoms with van der Waals surface area (Å²) in [6.07, 6.45) is 1.06. The molecule has 1 fully saturated rings. The van der Waals surface area contributed by atoms with E-state index in [0.717, 1.165) is 25.3 Å². The van der Waals surface area contributed by atoms with Crippen molar-refractivity contribution >= 4 is 23.2 Å². The highest BCUT2D eigenvalue weighted by atomic mass is 35.5. The number of methoxy groups -OCH3 is 1. The third kappa shape index (κ3) is 3.82. The summed E-state index contributed by atoms with van der Waals surface area (Å²) >= 11 is 6.06. The number of benzene rings is 2. The van der Waals surface area contributed by atoms with Crippen LogP contribution in [0.2, 0.25) is 5.02 Å². The van der Waals surface area contributed by atoms with Crippen molar-refractivity contribution in [2.75, 3.05) is 31.6 Å². The third-order valence-corrected chi connectivity index (χ3v) is 4.72. The fourth-order valence-electron chi connectivity index (χ4n) is 3.00. The molecule has 1 aliphatic rings. The highest BCUT2D eigenvalue weighted by molar-refractivity contribution is 6.33. The molecule has 1 amide bonds. The summed E-state index contributed by atoms with van der Waals surface area (Å²) in [5.74, 6) is 1.20. The Labute approximate surface area is 147 Å². The average Bonchev–Trinajstić information content (AvgIpc) is 3.09. The number of hydrogen-bond donors (Lipinski definition) is 1. The Morgan fingerprint density at radius 3 is 2.71 bits per heavy atom. The normalized spacial score (nSPS) is 16.9. The van der Waals surface area contributed by atoms with Crippen molar-refractivity contribution in [3.63, 3.8) is 0 Å². The first kappa shape index (κ1) is 16.7. The zero-order valence-electron chi connectivity index (χ0n) is 13.7. The topological polar surface area (TPSA) is 41.6 Å². The molecule has 0 radical (unpaired) electrons. The summed E-state index contributed by atoms with van der Waals surface area (Å²) in [6.45, 7) is 2.60. The SMILES string of the molecule is COc1ccc(N2CCC(CNC(=O)c3ccccc3Cl)C2)cc1. The maximum Gasteiger partial charge on any atom is 0.252 e. The molecule has 24 heavy (non-hydrogen) atoms. The lowest BCUT2D eigenvalue weighted by molar-refractivity contribution is 0.0948.